The van der Waals surface area contributed by atoms with Crippen molar-refractivity contribution in [2.75, 3.05) is 13.2 Å². The number of hydrogen-bond acceptors (Lipinski definition) is 5. The van der Waals surface area contributed by atoms with Crippen LogP contribution in [0.25, 0.3) is 11.1 Å². The maximum Gasteiger partial charge on any atom is 0.407 e. The number of hydrogen-bond donors (Lipinski definition) is 3. The molecule has 0 saturated carbocycles. The second-order valence-corrected chi connectivity index (χ2v) is 6.82. The third-order valence-corrected chi connectivity index (χ3v) is 4.87. The van der Waals surface area contributed by atoms with Gasteiger partial charge in [-0.25, -0.2) is 4.79 Å². The number of nitriles is 1. The molecule has 30 heavy (non-hydrogen) atoms. The SMILES string of the molecule is N#CCCNC(=O)C(CC(=O)O)NC(=O)OCC1c2ccccc2-c2ccccc21. The molecule has 3 rings (SSSR count). The van der Waals surface area contributed by atoms with Crippen LogP contribution in [0.4, 0.5) is 4.79 Å². The lowest BCUT2D eigenvalue weighted by molar-refractivity contribution is -0.139. The number of nitrogens with zero attached hydrogens (tertiary/aromatic N) is 1. The topological polar surface area (TPSA) is 129 Å². The first-order valence-corrected chi connectivity index (χ1v) is 9.49. The molecule has 0 heterocycles. The fourth-order valence-corrected chi connectivity index (χ4v) is 3.53. The van der Waals surface area contributed by atoms with Gasteiger partial charge in [0.2, 0.25) is 5.91 Å². The molecule has 0 bridgehead atoms. The summed E-state index contributed by atoms with van der Waals surface area (Å²) in [4.78, 5) is 35.5. The summed E-state index contributed by atoms with van der Waals surface area (Å²) >= 11 is 0. The predicted molar refractivity (Wildman–Crippen MR) is 107 cm³/mol. The zero-order valence-electron chi connectivity index (χ0n) is 16.1. The Kier molecular flexibility index (Phi) is 6.65. The number of nitrogens with one attached hydrogen (secondary N) is 2. The Morgan fingerprint density at radius 2 is 1.67 bits per heavy atom. The van der Waals surface area contributed by atoms with E-state index >= 15 is 0 Å². The highest BCUT2D eigenvalue weighted by molar-refractivity contribution is 5.89. The van der Waals surface area contributed by atoms with Crippen LogP contribution in [0.1, 0.15) is 29.9 Å². The van der Waals surface area contributed by atoms with Crippen LogP contribution in [-0.4, -0.2) is 42.3 Å². The molecule has 2 aromatic carbocycles. The summed E-state index contributed by atoms with van der Waals surface area (Å²) in [5, 5.41) is 22.3. The van der Waals surface area contributed by atoms with Gasteiger partial charge >= 0.3 is 12.1 Å². The molecular formula is C22H21N3O5. The zero-order chi connectivity index (χ0) is 21.5. The lowest BCUT2D eigenvalue weighted by Crippen LogP contribution is -2.48. The van der Waals surface area contributed by atoms with Crippen LogP contribution in [0.2, 0.25) is 0 Å². The molecular weight excluding hydrogens is 386 g/mol. The minimum Gasteiger partial charge on any atom is -0.481 e. The summed E-state index contributed by atoms with van der Waals surface area (Å²) in [6.45, 7) is 0.119. The van der Waals surface area contributed by atoms with Crippen LogP contribution in [0.3, 0.4) is 0 Å². The van der Waals surface area contributed by atoms with Gasteiger partial charge in [0.15, 0.2) is 0 Å². The van der Waals surface area contributed by atoms with Gasteiger partial charge in [0, 0.05) is 12.5 Å². The van der Waals surface area contributed by atoms with E-state index in [1.165, 1.54) is 0 Å². The number of carbonyl (C=O) groups is 3. The number of ether oxygens (including phenoxy) is 1. The smallest absolute Gasteiger partial charge is 0.407 e. The van der Waals surface area contributed by atoms with Gasteiger partial charge in [0.05, 0.1) is 18.9 Å². The van der Waals surface area contributed by atoms with Crippen molar-refractivity contribution in [2.45, 2.75) is 24.8 Å². The van der Waals surface area contributed by atoms with Crippen LogP contribution in [0, 0.1) is 11.3 Å². The number of amides is 2. The highest BCUT2D eigenvalue weighted by Gasteiger charge is 2.30. The maximum absolute atomic E-state index is 12.3. The molecule has 0 radical (unpaired) electrons. The van der Waals surface area contributed by atoms with Crippen LogP contribution >= 0.6 is 0 Å². The molecule has 1 aliphatic carbocycles. The van der Waals surface area contributed by atoms with Crippen molar-refractivity contribution in [3.63, 3.8) is 0 Å². The second-order valence-electron chi connectivity index (χ2n) is 6.82. The van der Waals surface area contributed by atoms with Gasteiger partial charge in [-0.05, 0) is 22.3 Å². The second kappa shape index (κ2) is 9.56. The fourth-order valence-electron chi connectivity index (χ4n) is 3.53. The fraction of sp³-hybridized carbons (Fsp3) is 0.273. The molecule has 0 aliphatic heterocycles. The van der Waals surface area contributed by atoms with E-state index in [-0.39, 0.29) is 25.5 Å². The number of benzene rings is 2. The average molecular weight is 407 g/mol. The predicted octanol–water partition coefficient (Wildman–Crippen LogP) is 2.40. The normalized spacial score (nSPS) is 12.8. The largest absolute Gasteiger partial charge is 0.481 e. The van der Waals surface area contributed by atoms with Crippen LogP contribution in [0.5, 0.6) is 0 Å². The summed E-state index contributed by atoms with van der Waals surface area (Å²) in [6, 6.07) is 16.3. The van der Waals surface area contributed by atoms with Crippen molar-refractivity contribution in [3.8, 4) is 17.2 Å². The Morgan fingerprint density at radius 3 is 2.23 bits per heavy atom. The van der Waals surface area contributed by atoms with Gasteiger partial charge in [-0.1, -0.05) is 48.5 Å². The first kappa shape index (κ1) is 20.9. The monoisotopic (exact) mass is 407 g/mol. The number of alkyl carbamates (subject to hydrolysis) is 1. The number of rotatable bonds is 8. The summed E-state index contributed by atoms with van der Waals surface area (Å²) in [6.07, 6.45) is -1.39. The molecule has 1 unspecified atom stereocenters. The van der Waals surface area contributed by atoms with Crippen molar-refractivity contribution in [1.29, 1.82) is 5.26 Å². The highest BCUT2D eigenvalue weighted by atomic mass is 16.5. The molecule has 1 aliphatic rings. The van der Waals surface area contributed by atoms with Gasteiger partial charge in [-0.2, -0.15) is 5.26 Å². The Balaban J connectivity index is 1.65. The molecule has 2 aromatic rings. The Hall–Kier alpha value is -3.86. The van der Waals surface area contributed by atoms with Gasteiger partial charge in [-0.15, -0.1) is 0 Å². The quantitative estimate of drug-likeness (QED) is 0.577. The lowest BCUT2D eigenvalue weighted by atomic mass is 9.98. The van der Waals surface area contributed by atoms with E-state index < -0.39 is 30.4 Å². The van der Waals surface area contributed by atoms with Crippen LogP contribution < -0.4 is 10.6 Å². The minimum atomic E-state index is -1.29. The van der Waals surface area contributed by atoms with Crippen molar-refractivity contribution in [3.05, 3.63) is 59.7 Å². The van der Waals surface area contributed by atoms with Gasteiger partial charge in [0.1, 0.15) is 12.6 Å². The van der Waals surface area contributed by atoms with Crippen LogP contribution in [-0.2, 0) is 14.3 Å². The molecule has 8 nitrogen and oxygen atoms in total. The number of carbonyl (C=O) groups excluding carboxylic acids is 2. The summed E-state index contributed by atoms with van der Waals surface area (Å²) in [7, 11) is 0. The van der Waals surface area contributed by atoms with E-state index in [1.54, 1.807) is 0 Å². The van der Waals surface area contributed by atoms with Crippen molar-refractivity contribution in [1.82, 2.24) is 10.6 Å². The molecule has 8 heteroatoms. The van der Waals surface area contributed by atoms with Gasteiger partial charge < -0.3 is 20.5 Å². The van der Waals surface area contributed by atoms with Crippen molar-refractivity contribution in [2.24, 2.45) is 0 Å². The standard InChI is InChI=1S/C22H21N3O5/c23-10-5-11-24-21(28)19(12-20(26)27)25-22(29)30-13-18-16-8-3-1-6-14(16)15-7-2-4-9-17(15)18/h1-4,6-9,18-19H,5,11-13H2,(H,24,28)(H,25,29)(H,26,27). The number of carboxylic acid groups (broad SMARTS) is 1. The summed E-state index contributed by atoms with van der Waals surface area (Å²) in [5.74, 6) is -2.07. The highest BCUT2D eigenvalue weighted by Crippen LogP contribution is 2.44. The molecule has 0 spiro atoms. The van der Waals surface area contributed by atoms with E-state index in [2.05, 4.69) is 10.6 Å². The molecule has 0 saturated heterocycles. The van der Waals surface area contributed by atoms with E-state index in [0.29, 0.717) is 0 Å². The molecule has 1 atom stereocenters. The number of carboxylic acids is 1. The Morgan fingerprint density at radius 1 is 1.07 bits per heavy atom. The van der Waals surface area contributed by atoms with Crippen molar-refractivity contribution < 1.29 is 24.2 Å². The molecule has 2 amide bonds. The first-order valence-electron chi connectivity index (χ1n) is 9.49. The van der Waals surface area contributed by atoms with Gasteiger partial charge in [0.25, 0.3) is 0 Å². The third-order valence-electron chi connectivity index (χ3n) is 4.87. The van der Waals surface area contributed by atoms with E-state index in [0.717, 1.165) is 22.3 Å². The zero-order valence-corrected chi connectivity index (χ0v) is 16.1. The molecule has 0 aromatic heterocycles. The lowest BCUT2D eigenvalue weighted by Gasteiger charge is -2.18. The van der Waals surface area contributed by atoms with E-state index in [4.69, 9.17) is 15.1 Å². The number of fused-ring (bicyclic) bond motifs is 3. The van der Waals surface area contributed by atoms with Crippen LogP contribution in [0.15, 0.2) is 48.5 Å². The third kappa shape index (κ3) is 4.75. The van der Waals surface area contributed by atoms with E-state index in [9.17, 15) is 14.4 Å². The molecule has 3 N–H and O–H groups in total. The summed E-state index contributed by atoms with van der Waals surface area (Å²) < 4.78 is 5.35. The Labute approximate surface area is 173 Å². The average Bonchev–Trinajstić information content (AvgIpc) is 3.05. The maximum atomic E-state index is 12.3. The molecule has 154 valence electrons. The Bertz CT molecular complexity index is 953. The summed E-state index contributed by atoms with van der Waals surface area (Å²) in [5.41, 5.74) is 4.26. The first-order chi connectivity index (χ1) is 14.5. The van der Waals surface area contributed by atoms with E-state index in [1.807, 2.05) is 54.6 Å². The van der Waals surface area contributed by atoms with Crippen molar-refractivity contribution >= 4 is 18.0 Å². The van der Waals surface area contributed by atoms with Gasteiger partial charge in [-0.3, -0.25) is 9.59 Å². The number of aliphatic carboxylic acids is 1. The minimum absolute atomic E-state index is 0.0513. The molecule has 0 fully saturated rings.